The van der Waals surface area contributed by atoms with Crippen LogP contribution in [0.5, 0.6) is 0 Å². The molecule has 3 nitrogen and oxygen atoms in total. The van der Waals surface area contributed by atoms with E-state index in [9.17, 15) is 4.79 Å². The first-order valence-corrected chi connectivity index (χ1v) is 5.79. The second-order valence-electron chi connectivity index (χ2n) is 4.45. The molecule has 1 saturated heterocycles. The Morgan fingerprint density at radius 1 is 1.38 bits per heavy atom. The largest absolute Gasteiger partial charge is 0.352 e. The van der Waals surface area contributed by atoms with E-state index in [0.29, 0.717) is 12.5 Å². The zero-order valence-corrected chi connectivity index (χ0v) is 9.57. The van der Waals surface area contributed by atoms with Crippen LogP contribution in [0.4, 0.5) is 0 Å². The van der Waals surface area contributed by atoms with E-state index in [2.05, 4.69) is 17.6 Å². The smallest absolute Gasteiger partial charge is 0.224 e. The Labute approximate surface area is 96.2 Å². The number of hydrogen-bond donors (Lipinski definition) is 2. The average Bonchev–Trinajstić information content (AvgIpc) is 2.74. The van der Waals surface area contributed by atoms with Gasteiger partial charge in [-0.25, -0.2) is 0 Å². The van der Waals surface area contributed by atoms with Gasteiger partial charge in [-0.15, -0.1) is 0 Å². The van der Waals surface area contributed by atoms with Gasteiger partial charge in [-0.3, -0.25) is 4.79 Å². The van der Waals surface area contributed by atoms with Crippen molar-refractivity contribution < 1.29 is 4.79 Å². The second-order valence-corrected chi connectivity index (χ2v) is 4.45. The molecule has 0 bridgehead atoms. The van der Waals surface area contributed by atoms with Gasteiger partial charge in [0.15, 0.2) is 0 Å². The second kappa shape index (κ2) is 5.12. The molecule has 0 saturated carbocycles. The van der Waals surface area contributed by atoms with Crippen LogP contribution >= 0.6 is 0 Å². The van der Waals surface area contributed by atoms with Gasteiger partial charge in [0.25, 0.3) is 0 Å². The highest BCUT2D eigenvalue weighted by molar-refractivity contribution is 5.79. The van der Waals surface area contributed by atoms with Gasteiger partial charge in [0.05, 0.1) is 5.92 Å². The van der Waals surface area contributed by atoms with Crippen LogP contribution < -0.4 is 10.6 Å². The van der Waals surface area contributed by atoms with Gasteiger partial charge >= 0.3 is 0 Å². The first kappa shape index (κ1) is 11.1. The molecular formula is C13H18N2O. The predicted molar refractivity (Wildman–Crippen MR) is 63.8 cm³/mol. The van der Waals surface area contributed by atoms with E-state index in [4.69, 9.17) is 0 Å². The first-order valence-electron chi connectivity index (χ1n) is 5.79. The molecule has 86 valence electrons. The quantitative estimate of drug-likeness (QED) is 0.799. The van der Waals surface area contributed by atoms with Gasteiger partial charge in [-0.1, -0.05) is 37.3 Å². The molecule has 1 fully saturated rings. The summed E-state index contributed by atoms with van der Waals surface area (Å²) in [6, 6.07) is 10.0. The molecular weight excluding hydrogens is 200 g/mol. The van der Waals surface area contributed by atoms with Gasteiger partial charge < -0.3 is 10.6 Å². The Kier molecular flexibility index (Phi) is 3.57. The van der Waals surface area contributed by atoms with Crippen LogP contribution in [0.2, 0.25) is 0 Å². The Morgan fingerprint density at radius 2 is 2.12 bits per heavy atom. The maximum Gasteiger partial charge on any atom is 0.224 e. The minimum atomic E-state index is 0.128. The number of amides is 1. The maximum atomic E-state index is 11.9. The highest BCUT2D eigenvalue weighted by Gasteiger charge is 2.28. The lowest BCUT2D eigenvalue weighted by atomic mass is 9.97. The monoisotopic (exact) mass is 218 g/mol. The van der Waals surface area contributed by atoms with Gasteiger partial charge in [-0.2, -0.15) is 0 Å². The number of carbonyl (C=O) groups excluding carboxylic acids is 1. The van der Waals surface area contributed by atoms with Crippen LogP contribution in [0.15, 0.2) is 30.3 Å². The Hall–Kier alpha value is -1.35. The zero-order chi connectivity index (χ0) is 11.4. The van der Waals surface area contributed by atoms with E-state index >= 15 is 0 Å². The summed E-state index contributed by atoms with van der Waals surface area (Å²) in [4.78, 5) is 11.9. The lowest BCUT2D eigenvalue weighted by Gasteiger charge is -2.14. The van der Waals surface area contributed by atoms with Crippen molar-refractivity contribution in [1.82, 2.24) is 10.6 Å². The highest BCUT2D eigenvalue weighted by atomic mass is 16.1. The molecule has 1 aromatic carbocycles. The third-order valence-electron chi connectivity index (χ3n) is 3.16. The number of nitrogens with one attached hydrogen (secondary N) is 2. The summed E-state index contributed by atoms with van der Waals surface area (Å²) in [6.07, 6.45) is 0. The number of benzene rings is 1. The predicted octanol–water partition coefficient (Wildman–Crippen LogP) is 1.16. The lowest BCUT2D eigenvalue weighted by Crippen LogP contribution is -2.33. The van der Waals surface area contributed by atoms with Crippen molar-refractivity contribution in [2.24, 2.45) is 11.8 Å². The van der Waals surface area contributed by atoms with E-state index in [1.54, 1.807) is 0 Å². The van der Waals surface area contributed by atoms with Crippen molar-refractivity contribution in [3.8, 4) is 0 Å². The fourth-order valence-corrected chi connectivity index (χ4v) is 2.08. The van der Waals surface area contributed by atoms with Crippen LogP contribution in [0, 0.1) is 11.8 Å². The minimum Gasteiger partial charge on any atom is -0.352 e. The summed E-state index contributed by atoms with van der Waals surface area (Å²) in [5.74, 6) is 0.737. The number of carbonyl (C=O) groups is 1. The molecule has 2 atom stereocenters. The Balaban J connectivity index is 1.84. The summed E-state index contributed by atoms with van der Waals surface area (Å²) in [7, 11) is 0. The molecule has 1 aromatic rings. The zero-order valence-electron chi connectivity index (χ0n) is 9.57. The highest BCUT2D eigenvalue weighted by Crippen LogP contribution is 2.15. The van der Waals surface area contributed by atoms with Crippen molar-refractivity contribution in [3.05, 3.63) is 35.9 Å². The van der Waals surface area contributed by atoms with Gasteiger partial charge in [0.2, 0.25) is 5.91 Å². The summed E-state index contributed by atoms with van der Waals surface area (Å²) in [6.45, 7) is 4.50. The molecule has 0 spiro atoms. The van der Waals surface area contributed by atoms with E-state index in [1.807, 2.05) is 30.3 Å². The van der Waals surface area contributed by atoms with Crippen LogP contribution in [0.3, 0.4) is 0 Å². The van der Waals surface area contributed by atoms with Gasteiger partial charge in [0, 0.05) is 13.1 Å². The standard InChI is InChI=1S/C13H18N2O/c1-10-7-14-9-12(10)13(16)15-8-11-5-3-2-4-6-11/h2-6,10,12,14H,7-9H2,1H3,(H,15,16)/t10?,12-/m1/s1. The molecule has 2 N–H and O–H groups in total. The van der Waals surface area contributed by atoms with E-state index < -0.39 is 0 Å². The van der Waals surface area contributed by atoms with Gasteiger partial charge in [-0.05, 0) is 18.0 Å². The van der Waals surface area contributed by atoms with Crippen LogP contribution in [-0.2, 0) is 11.3 Å². The minimum absolute atomic E-state index is 0.128. The van der Waals surface area contributed by atoms with E-state index in [1.165, 1.54) is 0 Å². The van der Waals surface area contributed by atoms with Crippen molar-refractivity contribution in [2.45, 2.75) is 13.5 Å². The topological polar surface area (TPSA) is 41.1 Å². The van der Waals surface area contributed by atoms with Crippen molar-refractivity contribution in [1.29, 1.82) is 0 Å². The molecule has 0 radical (unpaired) electrons. The molecule has 1 heterocycles. The van der Waals surface area contributed by atoms with Crippen LogP contribution in [0.25, 0.3) is 0 Å². The van der Waals surface area contributed by atoms with Crippen LogP contribution in [-0.4, -0.2) is 19.0 Å². The Bertz CT molecular complexity index is 350. The van der Waals surface area contributed by atoms with Crippen molar-refractivity contribution in [3.63, 3.8) is 0 Å². The molecule has 1 amide bonds. The molecule has 1 aliphatic rings. The molecule has 16 heavy (non-hydrogen) atoms. The van der Waals surface area contributed by atoms with Crippen molar-refractivity contribution >= 4 is 5.91 Å². The van der Waals surface area contributed by atoms with E-state index in [-0.39, 0.29) is 11.8 Å². The Morgan fingerprint density at radius 3 is 2.75 bits per heavy atom. The number of rotatable bonds is 3. The molecule has 2 rings (SSSR count). The van der Waals surface area contributed by atoms with E-state index in [0.717, 1.165) is 18.7 Å². The van der Waals surface area contributed by atoms with Crippen molar-refractivity contribution in [2.75, 3.05) is 13.1 Å². The fraction of sp³-hybridized carbons (Fsp3) is 0.462. The summed E-state index contributed by atoms with van der Waals surface area (Å²) >= 11 is 0. The first-order chi connectivity index (χ1) is 7.77. The molecule has 0 aromatic heterocycles. The third-order valence-corrected chi connectivity index (χ3v) is 3.16. The molecule has 0 aliphatic carbocycles. The van der Waals surface area contributed by atoms with Crippen LogP contribution in [0.1, 0.15) is 12.5 Å². The summed E-state index contributed by atoms with van der Waals surface area (Å²) < 4.78 is 0. The molecule has 1 aliphatic heterocycles. The number of hydrogen-bond acceptors (Lipinski definition) is 2. The summed E-state index contributed by atoms with van der Waals surface area (Å²) in [5.41, 5.74) is 1.15. The fourth-order valence-electron chi connectivity index (χ4n) is 2.08. The lowest BCUT2D eigenvalue weighted by molar-refractivity contribution is -0.125. The average molecular weight is 218 g/mol. The molecule has 1 unspecified atom stereocenters. The maximum absolute atomic E-state index is 11.9. The normalized spacial score (nSPS) is 24.3. The SMILES string of the molecule is CC1CNC[C@H]1C(=O)NCc1ccccc1. The van der Waals surface area contributed by atoms with Gasteiger partial charge in [0.1, 0.15) is 0 Å². The summed E-state index contributed by atoms with van der Waals surface area (Å²) in [5, 5.41) is 6.23. The molecule has 3 heteroatoms. The third kappa shape index (κ3) is 2.61.